The summed E-state index contributed by atoms with van der Waals surface area (Å²) < 4.78 is 40.5. The molecule has 0 fully saturated rings. The van der Waals surface area contributed by atoms with Crippen molar-refractivity contribution in [3.63, 3.8) is 0 Å². The maximum Gasteiger partial charge on any atom is 0.262 e. The van der Waals surface area contributed by atoms with Gasteiger partial charge in [-0.25, -0.2) is 18.5 Å². The van der Waals surface area contributed by atoms with Crippen LogP contribution in [0.4, 0.5) is 5.69 Å². The lowest BCUT2D eigenvalue weighted by molar-refractivity contribution is -0.113. The number of aryl methyl sites for hydroxylation is 1. The molecule has 210 valence electrons. The number of thioether (sulfide) groups is 1. The highest BCUT2D eigenvalue weighted by molar-refractivity contribution is 7.99. The summed E-state index contributed by atoms with van der Waals surface area (Å²) in [6.45, 7) is 0.229. The number of amides is 1. The van der Waals surface area contributed by atoms with Gasteiger partial charge in [-0.05, 0) is 54.4 Å². The molecule has 0 unspecified atom stereocenters. The van der Waals surface area contributed by atoms with E-state index >= 15 is 0 Å². The minimum atomic E-state index is -3.81. The van der Waals surface area contributed by atoms with E-state index in [1.165, 1.54) is 30.9 Å². The number of carbonyl (C=O) groups excluding carboxylic acids is 1. The molecule has 0 aliphatic heterocycles. The van der Waals surface area contributed by atoms with E-state index in [1.54, 1.807) is 55.6 Å². The van der Waals surface area contributed by atoms with Crippen LogP contribution < -0.4 is 30.2 Å². The fraction of sp³-hybridized carbons (Fsp3) is 0.222. The van der Waals surface area contributed by atoms with E-state index < -0.39 is 10.0 Å². The number of nitrogens with zero attached hydrogens (tertiary/aromatic N) is 2. The highest BCUT2D eigenvalue weighted by atomic mass is 32.2. The number of sulfonamides is 1. The van der Waals surface area contributed by atoms with Crippen molar-refractivity contribution < 1.29 is 27.4 Å². The van der Waals surface area contributed by atoms with Crippen molar-refractivity contribution in [3.05, 3.63) is 76.6 Å². The molecule has 0 spiro atoms. The molecule has 1 aromatic heterocycles. The van der Waals surface area contributed by atoms with Gasteiger partial charge in [0.15, 0.2) is 16.7 Å². The van der Waals surface area contributed by atoms with Gasteiger partial charge in [0.1, 0.15) is 5.75 Å². The zero-order valence-corrected chi connectivity index (χ0v) is 23.7. The molecule has 1 amide bonds. The largest absolute Gasteiger partial charge is 0.497 e. The van der Waals surface area contributed by atoms with Gasteiger partial charge in [-0.3, -0.25) is 14.2 Å². The van der Waals surface area contributed by atoms with Crippen molar-refractivity contribution in [1.29, 1.82) is 0 Å². The molecular formula is C27H28N4O7S2. The molecule has 3 aromatic carbocycles. The van der Waals surface area contributed by atoms with Crippen LogP contribution in [0.2, 0.25) is 0 Å². The van der Waals surface area contributed by atoms with E-state index in [9.17, 15) is 18.0 Å². The van der Waals surface area contributed by atoms with E-state index in [4.69, 9.17) is 19.3 Å². The molecule has 0 aliphatic carbocycles. The quantitative estimate of drug-likeness (QED) is 0.200. The highest BCUT2D eigenvalue weighted by Crippen LogP contribution is 2.31. The number of carbonyl (C=O) groups is 1. The maximum absolute atomic E-state index is 13.6. The zero-order chi connectivity index (χ0) is 28.9. The van der Waals surface area contributed by atoms with Crippen LogP contribution in [0.25, 0.3) is 10.9 Å². The molecule has 0 radical (unpaired) electrons. The van der Waals surface area contributed by atoms with Crippen LogP contribution in [0.5, 0.6) is 17.2 Å². The molecule has 13 heteroatoms. The lowest BCUT2D eigenvalue weighted by Gasteiger charge is -2.15. The summed E-state index contributed by atoms with van der Waals surface area (Å²) in [6.07, 6.45) is 0.400. The third-order valence-corrected chi connectivity index (χ3v) is 7.91. The average molecular weight is 585 g/mol. The predicted molar refractivity (Wildman–Crippen MR) is 153 cm³/mol. The third-order valence-electron chi connectivity index (χ3n) is 6.01. The maximum atomic E-state index is 13.6. The Morgan fingerprint density at radius 3 is 2.23 bits per heavy atom. The Morgan fingerprint density at radius 1 is 0.975 bits per heavy atom. The number of rotatable bonds is 11. The summed E-state index contributed by atoms with van der Waals surface area (Å²) in [6, 6.07) is 16.2. The highest BCUT2D eigenvalue weighted by Gasteiger charge is 2.17. The summed E-state index contributed by atoms with van der Waals surface area (Å²) in [5.41, 5.74) is 1.48. The van der Waals surface area contributed by atoms with Gasteiger partial charge in [0.2, 0.25) is 15.9 Å². The number of primary sulfonamides is 1. The Hall–Kier alpha value is -4.07. The van der Waals surface area contributed by atoms with Crippen LogP contribution in [0.3, 0.4) is 0 Å². The predicted octanol–water partition coefficient (Wildman–Crippen LogP) is 3.04. The molecule has 4 rings (SSSR count). The van der Waals surface area contributed by atoms with Gasteiger partial charge >= 0.3 is 0 Å². The van der Waals surface area contributed by atoms with Crippen LogP contribution >= 0.6 is 11.8 Å². The van der Waals surface area contributed by atoms with Gasteiger partial charge < -0.3 is 19.5 Å². The van der Waals surface area contributed by atoms with Crippen molar-refractivity contribution in [1.82, 2.24) is 9.55 Å². The topological polar surface area (TPSA) is 152 Å². The molecule has 11 nitrogen and oxygen atoms in total. The lowest BCUT2D eigenvalue weighted by atomic mass is 10.1. The lowest BCUT2D eigenvalue weighted by Crippen LogP contribution is -2.25. The molecule has 0 aliphatic rings. The van der Waals surface area contributed by atoms with E-state index in [1.807, 2.05) is 0 Å². The Bertz CT molecular complexity index is 1690. The van der Waals surface area contributed by atoms with Gasteiger partial charge in [0, 0.05) is 18.3 Å². The zero-order valence-electron chi connectivity index (χ0n) is 22.0. The SMILES string of the molecule is COc1ccc(NC(=O)CSc2nc3cc(OC)c(OC)cc3c(=O)n2CCc2ccc(S(N)(=O)=O)cc2)cc1. The Labute approximate surface area is 235 Å². The Balaban J connectivity index is 1.63. The summed E-state index contributed by atoms with van der Waals surface area (Å²) in [4.78, 5) is 31.0. The smallest absolute Gasteiger partial charge is 0.262 e. The fourth-order valence-electron chi connectivity index (χ4n) is 3.92. The Morgan fingerprint density at radius 2 is 1.62 bits per heavy atom. The van der Waals surface area contributed by atoms with Crippen molar-refractivity contribution in [2.45, 2.75) is 23.0 Å². The minimum Gasteiger partial charge on any atom is -0.497 e. The van der Waals surface area contributed by atoms with E-state index in [2.05, 4.69) is 10.3 Å². The minimum absolute atomic E-state index is 0.000319. The number of nitrogens with two attached hydrogens (primary N) is 1. The monoisotopic (exact) mass is 584 g/mol. The van der Waals surface area contributed by atoms with Crippen LogP contribution in [0.1, 0.15) is 5.56 Å². The van der Waals surface area contributed by atoms with E-state index in [-0.39, 0.29) is 28.7 Å². The second kappa shape index (κ2) is 12.4. The number of methoxy groups -OCH3 is 3. The first kappa shape index (κ1) is 28.9. The molecule has 0 bridgehead atoms. The van der Waals surface area contributed by atoms with Crippen LogP contribution in [0.15, 0.2) is 75.5 Å². The van der Waals surface area contributed by atoms with E-state index in [0.717, 1.165) is 17.3 Å². The van der Waals surface area contributed by atoms with Gasteiger partial charge in [0.05, 0.1) is 42.9 Å². The molecule has 0 atom stereocenters. The van der Waals surface area contributed by atoms with Crippen molar-refractivity contribution in [2.24, 2.45) is 5.14 Å². The fourth-order valence-corrected chi connectivity index (χ4v) is 5.26. The number of ether oxygens (including phenoxy) is 3. The summed E-state index contributed by atoms with van der Waals surface area (Å²) in [5, 5.41) is 8.67. The molecule has 40 heavy (non-hydrogen) atoms. The number of fused-ring (bicyclic) bond motifs is 1. The summed E-state index contributed by atoms with van der Waals surface area (Å²) in [7, 11) is 0.718. The summed E-state index contributed by atoms with van der Waals surface area (Å²) >= 11 is 1.12. The van der Waals surface area contributed by atoms with E-state index in [0.29, 0.717) is 45.4 Å². The van der Waals surface area contributed by atoms with Crippen LogP contribution in [0, 0.1) is 0 Å². The van der Waals surface area contributed by atoms with Crippen molar-refractivity contribution in [3.8, 4) is 17.2 Å². The second-order valence-corrected chi connectivity index (χ2v) is 11.1. The molecule has 3 N–H and O–H groups in total. The first-order chi connectivity index (χ1) is 19.1. The molecule has 0 saturated carbocycles. The van der Waals surface area contributed by atoms with Gasteiger partial charge in [0.25, 0.3) is 5.56 Å². The first-order valence-corrected chi connectivity index (χ1v) is 14.5. The molecule has 4 aromatic rings. The normalized spacial score (nSPS) is 11.3. The van der Waals surface area contributed by atoms with Crippen LogP contribution in [-0.4, -0.2) is 51.0 Å². The van der Waals surface area contributed by atoms with Gasteiger partial charge in [-0.2, -0.15) is 0 Å². The van der Waals surface area contributed by atoms with Gasteiger partial charge in [-0.1, -0.05) is 23.9 Å². The number of hydrogen-bond acceptors (Lipinski definition) is 9. The average Bonchev–Trinajstić information content (AvgIpc) is 2.95. The number of hydrogen-bond donors (Lipinski definition) is 2. The third kappa shape index (κ3) is 6.73. The van der Waals surface area contributed by atoms with Gasteiger partial charge in [-0.15, -0.1) is 0 Å². The van der Waals surface area contributed by atoms with Crippen LogP contribution in [-0.2, 0) is 27.8 Å². The number of benzene rings is 3. The van der Waals surface area contributed by atoms with Crippen molar-refractivity contribution >= 4 is 44.3 Å². The summed E-state index contributed by atoms with van der Waals surface area (Å²) in [5.74, 6) is 1.20. The standard InChI is InChI=1S/C27H28N4O7S2/c1-36-19-8-6-18(7-9-19)29-25(32)16-39-27-30-22-15-24(38-3)23(37-2)14-21(22)26(33)31(27)13-12-17-4-10-20(11-5-17)40(28,34)35/h4-11,14-15H,12-13,16H2,1-3H3,(H,29,32)(H2,28,34,35). The second-order valence-electron chi connectivity index (χ2n) is 8.58. The molecule has 0 saturated heterocycles. The number of aromatic nitrogens is 2. The number of anilines is 1. The molecule has 1 heterocycles. The number of nitrogens with one attached hydrogen (secondary N) is 1. The van der Waals surface area contributed by atoms with Crippen molar-refractivity contribution in [2.75, 3.05) is 32.4 Å². The first-order valence-electron chi connectivity index (χ1n) is 12.0. The Kier molecular flexibility index (Phi) is 8.97. The molecular weight excluding hydrogens is 556 g/mol.